The molecule has 3 rings (SSSR count). The molecule has 1 fully saturated rings. The highest BCUT2D eigenvalue weighted by atomic mass is 35.5. The van der Waals surface area contributed by atoms with Gasteiger partial charge in [-0.2, -0.15) is 0 Å². The van der Waals surface area contributed by atoms with Crippen molar-refractivity contribution < 1.29 is 14.0 Å². The van der Waals surface area contributed by atoms with Gasteiger partial charge in [-0.15, -0.1) is 0 Å². The summed E-state index contributed by atoms with van der Waals surface area (Å²) in [6.07, 6.45) is 3.09. The number of benzene rings is 2. The zero-order valence-corrected chi connectivity index (χ0v) is 14.4. The topological polar surface area (TPSA) is 49.4 Å². The zero-order valence-electron chi connectivity index (χ0n) is 13.6. The van der Waals surface area contributed by atoms with Crippen molar-refractivity contribution in [3.63, 3.8) is 0 Å². The molecular weight excluding hydrogens is 343 g/mol. The van der Waals surface area contributed by atoms with E-state index in [9.17, 15) is 14.0 Å². The highest BCUT2D eigenvalue weighted by Gasteiger charge is 2.22. The van der Waals surface area contributed by atoms with Gasteiger partial charge in [0, 0.05) is 23.7 Å². The van der Waals surface area contributed by atoms with Gasteiger partial charge in [-0.1, -0.05) is 11.6 Å². The highest BCUT2D eigenvalue weighted by Crippen LogP contribution is 2.24. The van der Waals surface area contributed by atoms with Crippen molar-refractivity contribution >= 4 is 29.1 Å². The Hall–Kier alpha value is -2.40. The van der Waals surface area contributed by atoms with E-state index in [0.717, 1.165) is 19.3 Å². The lowest BCUT2D eigenvalue weighted by Crippen LogP contribution is -2.36. The number of amides is 2. The van der Waals surface area contributed by atoms with Crippen molar-refractivity contribution in [3.05, 3.63) is 64.4 Å². The second-order valence-electron chi connectivity index (χ2n) is 6.00. The molecule has 130 valence electrons. The lowest BCUT2D eigenvalue weighted by molar-refractivity contribution is 0.0725. The van der Waals surface area contributed by atoms with Crippen LogP contribution in [0.5, 0.6) is 0 Å². The molecule has 0 radical (unpaired) electrons. The van der Waals surface area contributed by atoms with E-state index in [1.54, 1.807) is 23.1 Å². The number of halogens is 2. The number of carbonyl (C=O) groups excluding carboxylic acids is 2. The summed E-state index contributed by atoms with van der Waals surface area (Å²) in [5.41, 5.74) is 1.07. The number of piperidine rings is 1. The molecular formula is C19H18ClFN2O2. The van der Waals surface area contributed by atoms with Crippen LogP contribution < -0.4 is 5.32 Å². The van der Waals surface area contributed by atoms with Crippen LogP contribution >= 0.6 is 11.6 Å². The molecule has 1 aliphatic heterocycles. The molecule has 1 N–H and O–H groups in total. The van der Waals surface area contributed by atoms with Crippen LogP contribution in [0.15, 0.2) is 42.5 Å². The molecule has 0 unspecified atom stereocenters. The second kappa shape index (κ2) is 7.66. The zero-order chi connectivity index (χ0) is 17.8. The smallest absolute Gasteiger partial charge is 0.255 e. The monoisotopic (exact) mass is 360 g/mol. The number of likely N-dealkylation sites (tertiary alicyclic amines) is 1. The van der Waals surface area contributed by atoms with Gasteiger partial charge in [-0.25, -0.2) is 4.39 Å². The van der Waals surface area contributed by atoms with Gasteiger partial charge >= 0.3 is 0 Å². The van der Waals surface area contributed by atoms with Crippen LogP contribution in [0.4, 0.5) is 10.1 Å². The van der Waals surface area contributed by atoms with Crippen molar-refractivity contribution in [2.24, 2.45) is 0 Å². The Morgan fingerprint density at radius 3 is 2.36 bits per heavy atom. The van der Waals surface area contributed by atoms with Crippen molar-refractivity contribution in [2.75, 3.05) is 18.4 Å². The van der Waals surface area contributed by atoms with Crippen LogP contribution in [-0.2, 0) is 0 Å². The summed E-state index contributed by atoms with van der Waals surface area (Å²) in [4.78, 5) is 27.0. The van der Waals surface area contributed by atoms with E-state index in [0.29, 0.717) is 34.9 Å². The maximum atomic E-state index is 13.0. The molecule has 1 saturated heterocycles. The van der Waals surface area contributed by atoms with Crippen LogP contribution in [0, 0.1) is 5.82 Å². The minimum Gasteiger partial charge on any atom is -0.339 e. The van der Waals surface area contributed by atoms with Gasteiger partial charge in [0.15, 0.2) is 0 Å². The molecule has 1 aliphatic rings. The number of nitrogens with zero attached hydrogens (tertiary/aromatic N) is 1. The van der Waals surface area contributed by atoms with Gasteiger partial charge in [0.2, 0.25) is 0 Å². The molecule has 2 aromatic rings. The van der Waals surface area contributed by atoms with E-state index in [1.807, 2.05) is 0 Å². The molecule has 4 nitrogen and oxygen atoms in total. The molecule has 6 heteroatoms. The maximum absolute atomic E-state index is 13.0. The average molecular weight is 361 g/mol. The first-order valence-electron chi connectivity index (χ1n) is 8.20. The third-order valence-electron chi connectivity index (χ3n) is 4.21. The number of nitrogens with one attached hydrogen (secondary N) is 1. The summed E-state index contributed by atoms with van der Waals surface area (Å²) in [7, 11) is 0. The van der Waals surface area contributed by atoms with Crippen LogP contribution in [-0.4, -0.2) is 29.8 Å². The lowest BCUT2D eigenvalue weighted by Gasteiger charge is -2.27. The summed E-state index contributed by atoms with van der Waals surface area (Å²) in [5.74, 6) is -0.957. The minimum atomic E-state index is -0.421. The fourth-order valence-corrected chi connectivity index (χ4v) is 3.04. The Balaban J connectivity index is 1.84. The number of carbonyl (C=O) groups is 2. The first kappa shape index (κ1) is 17.4. The molecule has 2 amide bonds. The lowest BCUT2D eigenvalue weighted by atomic mass is 10.1. The largest absolute Gasteiger partial charge is 0.339 e. The molecule has 2 aromatic carbocycles. The maximum Gasteiger partial charge on any atom is 0.255 e. The fraction of sp³-hybridized carbons (Fsp3) is 0.263. The number of hydrogen-bond acceptors (Lipinski definition) is 2. The van der Waals surface area contributed by atoms with E-state index in [-0.39, 0.29) is 5.91 Å². The first-order valence-corrected chi connectivity index (χ1v) is 8.58. The van der Waals surface area contributed by atoms with Crippen LogP contribution in [0.1, 0.15) is 40.0 Å². The van der Waals surface area contributed by atoms with Crippen molar-refractivity contribution in [2.45, 2.75) is 19.3 Å². The summed E-state index contributed by atoms with van der Waals surface area (Å²) < 4.78 is 13.0. The Labute approximate surface area is 150 Å². The van der Waals surface area contributed by atoms with Crippen molar-refractivity contribution in [1.82, 2.24) is 4.90 Å². The van der Waals surface area contributed by atoms with Gasteiger partial charge in [-0.3, -0.25) is 9.59 Å². The second-order valence-corrected chi connectivity index (χ2v) is 6.44. The Morgan fingerprint density at radius 1 is 1.00 bits per heavy atom. The number of hydrogen-bond donors (Lipinski definition) is 1. The SMILES string of the molecule is O=C(Nc1cc(Cl)ccc1C(=O)N1CCCCC1)c1ccc(F)cc1. The fourth-order valence-electron chi connectivity index (χ4n) is 2.87. The highest BCUT2D eigenvalue weighted by molar-refractivity contribution is 6.31. The summed E-state index contributed by atoms with van der Waals surface area (Å²) in [6.45, 7) is 1.43. The van der Waals surface area contributed by atoms with E-state index in [2.05, 4.69) is 5.32 Å². The third kappa shape index (κ3) is 4.17. The summed E-state index contributed by atoms with van der Waals surface area (Å²) in [5, 5.41) is 3.13. The minimum absolute atomic E-state index is 0.120. The van der Waals surface area contributed by atoms with Gasteiger partial charge < -0.3 is 10.2 Å². The van der Waals surface area contributed by atoms with Crippen molar-refractivity contribution in [3.8, 4) is 0 Å². The quantitative estimate of drug-likeness (QED) is 0.884. The van der Waals surface area contributed by atoms with E-state index in [4.69, 9.17) is 11.6 Å². The van der Waals surface area contributed by atoms with Gasteiger partial charge in [0.1, 0.15) is 5.82 Å². The van der Waals surface area contributed by atoms with Crippen molar-refractivity contribution in [1.29, 1.82) is 0 Å². The van der Waals surface area contributed by atoms with Crippen LogP contribution in [0.25, 0.3) is 0 Å². The molecule has 1 heterocycles. The molecule has 25 heavy (non-hydrogen) atoms. The molecule has 0 bridgehead atoms. The predicted molar refractivity (Wildman–Crippen MR) is 95.6 cm³/mol. The van der Waals surface area contributed by atoms with E-state index >= 15 is 0 Å². The molecule has 0 aromatic heterocycles. The van der Waals surface area contributed by atoms with Gasteiger partial charge in [0.25, 0.3) is 11.8 Å². The molecule has 0 atom stereocenters. The molecule has 0 saturated carbocycles. The standard InChI is InChI=1S/C19H18ClFN2O2/c20-14-6-9-16(19(25)23-10-2-1-3-11-23)17(12-14)22-18(24)13-4-7-15(21)8-5-13/h4-9,12H,1-3,10-11H2,(H,22,24). The third-order valence-corrected chi connectivity index (χ3v) is 4.45. The predicted octanol–water partition coefficient (Wildman–Crippen LogP) is 4.36. The first-order chi connectivity index (χ1) is 12.0. The Kier molecular flexibility index (Phi) is 5.34. The summed E-state index contributed by atoms with van der Waals surface area (Å²) >= 11 is 6.03. The average Bonchev–Trinajstić information content (AvgIpc) is 2.62. The Bertz CT molecular complexity index is 787. The van der Waals surface area contributed by atoms with Gasteiger partial charge in [0.05, 0.1) is 11.3 Å². The van der Waals surface area contributed by atoms with Crippen LogP contribution in [0.2, 0.25) is 5.02 Å². The molecule has 0 spiro atoms. The van der Waals surface area contributed by atoms with Crippen LogP contribution in [0.3, 0.4) is 0 Å². The molecule has 0 aliphatic carbocycles. The number of anilines is 1. The normalized spacial score (nSPS) is 14.2. The summed E-state index contributed by atoms with van der Waals surface area (Å²) in [6, 6.07) is 10.0. The van der Waals surface area contributed by atoms with E-state index in [1.165, 1.54) is 24.3 Å². The van der Waals surface area contributed by atoms with E-state index < -0.39 is 11.7 Å². The number of rotatable bonds is 3. The Morgan fingerprint density at radius 2 is 1.68 bits per heavy atom. The van der Waals surface area contributed by atoms with Gasteiger partial charge in [-0.05, 0) is 61.7 Å².